The van der Waals surface area contributed by atoms with E-state index in [2.05, 4.69) is 15.3 Å². The Morgan fingerprint density at radius 2 is 2.55 bits per heavy atom. The molecule has 0 fully saturated rings. The number of rotatable bonds is 2. The number of H-pyrrole nitrogens is 1. The Labute approximate surface area is 63.1 Å². The van der Waals surface area contributed by atoms with Gasteiger partial charge in [-0.1, -0.05) is 0 Å². The molecule has 0 radical (unpaired) electrons. The normalized spacial score (nSPS) is 9.55. The summed E-state index contributed by atoms with van der Waals surface area (Å²) in [5.41, 5.74) is -0.532. The molecular weight excluding hydrogens is 146 g/mol. The highest BCUT2D eigenvalue weighted by Crippen LogP contribution is 1.97. The molecule has 60 valence electrons. The van der Waals surface area contributed by atoms with Gasteiger partial charge in [0, 0.05) is 6.54 Å². The molecule has 5 heteroatoms. The first kappa shape index (κ1) is 7.59. The number of aromatic nitrogens is 2. The van der Waals surface area contributed by atoms with Crippen LogP contribution in [0, 0.1) is 0 Å². The van der Waals surface area contributed by atoms with Gasteiger partial charge in [-0.2, -0.15) is 0 Å². The molecule has 3 N–H and O–H groups in total. The minimum absolute atomic E-state index is 0.369. The third-order valence-corrected chi connectivity index (χ3v) is 1.12. The zero-order valence-electron chi connectivity index (χ0n) is 6.09. The van der Waals surface area contributed by atoms with Gasteiger partial charge in [0.1, 0.15) is 0 Å². The second-order valence-corrected chi connectivity index (χ2v) is 1.98. The fraction of sp³-hybridized carbons (Fsp3) is 0.333. The standard InChI is InChI=1S/C6H9N3O2/c1-2-7-6-8-3-4(10)5(11)9-6/h3,10H,2H2,1H3,(H2,7,8,9,11). The average molecular weight is 155 g/mol. The Kier molecular flexibility index (Phi) is 2.10. The van der Waals surface area contributed by atoms with Crippen LogP contribution in [0.1, 0.15) is 6.92 Å². The van der Waals surface area contributed by atoms with Crippen molar-refractivity contribution in [1.82, 2.24) is 9.97 Å². The summed E-state index contributed by atoms with van der Waals surface area (Å²) in [5, 5.41) is 11.6. The van der Waals surface area contributed by atoms with Crippen LogP contribution in [0.15, 0.2) is 11.0 Å². The van der Waals surface area contributed by atoms with Crippen molar-refractivity contribution in [3.8, 4) is 5.75 Å². The van der Waals surface area contributed by atoms with Crippen LogP contribution in [-0.2, 0) is 0 Å². The van der Waals surface area contributed by atoms with Crippen LogP contribution in [-0.4, -0.2) is 21.6 Å². The Balaban J connectivity index is 2.96. The smallest absolute Gasteiger partial charge is 0.294 e. The molecule has 0 spiro atoms. The van der Waals surface area contributed by atoms with Gasteiger partial charge in [-0.05, 0) is 6.92 Å². The molecule has 0 amide bonds. The Morgan fingerprint density at radius 3 is 3.09 bits per heavy atom. The Bertz CT molecular complexity index is 294. The van der Waals surface area contributed by atoms with Gasteiger partial charge in [0.25, 0.3) is 5.56 Å². The molecule has 11 heavy (non-hydrogen) atoms. The molecule has 0 bridgehead atoms. The minimum Gasteiger partial charge on any atom is -0.502 e. The van der Waals surface area contributed by atoms with Gasteiger partial charge < -0.3 is 10.4 Å². The molecule has 1 heterocycles. The third-order valence-electron chi connectivity index (χ3n) is 1.12. The summed E-state index contributed by atoms with van der Waals surface area (Å²) in [6, 6.07) is 0. The molecule has 5 nitrogen and oxygen atoms in total. The van der Waals surface area contributed by atoms with Crippen molar-refractivity contribution >= 4 is 5.95 Å². The van der Waals surface area contributed by atoms with E-state index in [1.165, 1.54) is 0 Å². The molecule has 0 aromatic carbocycles. The molecule has 1 rings (SSSR count). The molecule has 0 atom stereocenters. The number of nitrogens with zero attached hydrogens (tertiary/aromatic N) is 1. The maximum absolute atomic E-state index is 10.7. The van der Waals surface area contributed by atoms with Gasteiger partial charge in [-0.3, -0.25) is 9.78 Å². The highest BCUT2D eigenvalue weighted by molar-refractivity contribution is 5.25. The summed E-state index contributed by atoms with van der Waals surface area (Å²) < 4.78 is 0. The quantitative estimate of drug-likeness (QED) is 0.557. The fourth-order valence-corrected chi connectivity index (χ4v) is 0.645. The van der Waals surface area contributed by atoms with Gasteiger partial charge in [-0.25, -0.2) is 4.98 Å². The predicted octanol–water partition coefficient (Wildman–Crippen LogP) is -0.0927. The lowest BCUT2D eigenvalue weighted by atomic mass is 10.6. The van der Waals surface area contributed by atoms with Crippen molar-refractivity contribution in [2.75, 3.05) is 11.9 Å². The minimum atomic E-state index is -0.532. The predicted molar refractivity (Wildman–Crippen MR) is 40.7 cm³/mol. The zero-order chi connectivity index (χ0) is 8.27. The van der Waals surface area contributed by atoms with Crippen molar-refractivity contribution in [2.24, 2.45) is 0 Å². The summed E-state index contributed by atoms with van der Waals surface area (Å²) in [7, 11) is 0. The third kappa shape index (κ3) is 1.70. The van der Waals surface area contributed by atoms with Crippen molar-refractivity contribution in [2.45, 2.75) is 6.92 Å². The Morgan fingerprint density at radius 1 is 1.82 bits per heavy atom. The fourth-order valence-electron chi connectivity index (χ4n) is 0.645. The van der Waals surface area contributed by atoms with Gasteiger partial charge in [0.05, 0.1) is 6.20 Å². The van der Waals surface area contributed by atoms with Crippen molar-refractivity contribution in [1.29, 1.82) is 0 Å². The molecule has 0 aliphatic heterocycles. The van der Waals surface area contributed by atoms with E-state index >= 15 is 0 Å². The molecule has 1 aromatic rings. The zero-order valence-corrected chi connectivity index (χ0v) is 6.09. The first-order valence-corrected chi connectivity index (χ1v) is 3.26. The SMILES string of the molecule is CCNc1ncc(O)c(=O)[nH]1. The monoisotopic (exact) mass is 155 g/mol. The van der Waals surface area contributed by atoms with E-state index in [-0.39, 0.29) is 5.75 Å². The van der Waals surface area contributed by atoms with Crippen molar-refractivity contribution < 1.29 is 5.11 Å². The van der Waals surface area contributed by atoms with Crippen LogP contribution in [0.2, 0.25) is 0 Å². The Hall–Kier alpha value is -1.52. The van der Waals surface area contributed by atoms with Crippen LogP contribution in [0.5, 0.6) is 5.75 Å². The highest BCUT2D eigenvalue weighted by atomic mass is 16.3. The summed E-state index contributed by atoms with van der Waals surface area (Å²) in [4.78, 5) is 16.8. The average Bonchev–Trinajstić information content (AvgIpc) is 1.98. The molecule has 0 saturated heterocycles. The van der Waals surface area contributed by atoms with Crippen LogP contribution in [0.4, 0.5) is 5.95 Å². The van der Waals surface area contributed by atoms with Gasteiger partial charge >= 0.3 is 0 Å². The summed E-state index contributed by atoms with van der Waals surface area (Å²) >= 11 is 0. The molecule has 0 unspecified atom stereocenters. The number of hydrogen-bond acceptors (Lipinski definition) is 4. The van der Waals surface area contributed by atoms with Crippen LogP contribution in [0.3, 0.4) is 0 Å². The largest absolute Gasteiger partial charge is 0.502 e. The van der Waals surface area contributed by atoms with E-state index in [4.69, 9.17) is 5.11 Å². The van der Waals surface area contributed by atoms with Crippen molar-refractivity contribution in [3.05, 3.63) is 16.6 Å². The maximum Gasteiger partial charge on any atom is 0.294 e. The first-order chi connectivity index (χ1) is 5.24. The van der Waals surface area contributed by atoms with Crippen LogP contribution in [0.25, 0.3) is 0 Å². The van der Waals surface area contributed by atoms with Crippen molar-refractivity contribution in [3.63, 3.8) is 0 Å². The van der Waals surface area contributed by atoms with E-state index in [0.717, 1.165) is 6.20 Å². The summed E-state index contributed by atoms with van der Waals surface area (Å²) in [6.45, 7) is 2.56. The topological polar surface area (TPSA) is 78.0 Å². The molecule has 0 saturated carbocycles. The lowest BCUT2D eigenvalue weighted by Gasteiger charge is -1.99. The van der Waals surface area contributed by atoms with Crippen LogP contribution < -0.4 is 10.9 Å². The van der Waals surface area contributed by atoms with E-state index in [9.17, 15) is 4.79 Å². The second kappa shape index (κ2) is 3.05. The molecule has 0 aliphatic carbocycles. The lowest BCUT2D eigenvalue weighted by Crippen LogP contribution is -2.11. The second-order valence-electron chi connectivity index (χ2n) is 1.98. The van der Waals surface area contributed by atoms with Gasteiger partial charge in [0.15, 0.2) is 5.75 Å². The van der Waals surface area contributed by atoms with E-state index in [0.29, 0.717) is 12.5 Å². The van der Waals surface area contributed by atoms with E-state index in [1.54, 1.807) is 0 Å². The number of aromatic hydroxyl groups is 1. The number of aromatic amines is 1. The summed E-state index contributed by atoms with van der Waals surface area (Å²) in [6.07, 6.45) is 1.11. The number of nitrogens with one attached hydrogen (secondary N) is 2. The van der Waals surface area contributed by atoms with Crippen LogP contribution >= 0.6 is 0 Å². The lowest BCUT2D eigenvalue weighted by molar-refractivity contribution is 0.463. The highest BCUT2D eigenvalue weighted by Gasteiger charge is 1.96. The summed E-state index contributed by atoms with van der Waals surface area (Å²) in [5.74, 6) is 0.00181. The van der Waals surface area contributed by atoms with Gasteiger partial charge in [-0.15, -0.1) is 0 Å². The van der Waals surface area contributed by atoms with E-state index in [1.807, 2.05) is 6.92 Å². The first-order valence-electron chi connectivity index (χ1n) is 3.26. The maximum atomic E-state index is 10.7. The molecule has 0 aliphatic rings. The number of anilines is 1. The number of hydrogen-bond donors (Lipinski definition) is 3. The van der Waals surface area contributed by atoms with Gasteiger partial charge in [0.2, 0.25) is 5.95 Å². The molecular formula is C6H9N3O2. The van der Waals surface area contributed by atoms with E-state index < -0.39 is 5.56 Å². The molecule has 1 aromatic heterocycles.